The van der Waals surface area contributed by atoms with Crippen LogP contribution in [0.15, 0.2) is 22.5 Å². The van der Waals surface area contributed by atoms with Crippen molar-refractivity contribution >= 4 is 39.8 Å². The second-order valence-corrected chi connectivity index (χ2v) is 7.73. The normalized spacial score (nSPS) is 12.0. The lowest BCUT2D eigenvalue weighted by atomic mass is 10.1. The van der Waals surface area contributed by atoms with Crippen LogP contribution in [0.4, 0.5) is 10.8 Å². The van der Waals surface area contributed by atoms with Crippen LogP contribution in [0.25, 0.3) is 0 Å². The van der Waals surface area contributed by atoms with Crippen LogP contribution in [0, 0.1) is 13.8 Å². The molecule has 24 heavy (non-hydrogen) atoms. The van der Waals surface area contributed by atoms with Crippen molar-refractivity contribution in [2.45, 2.75) is 31.2 Å². The molecule has 0 saturated heterocycles. The number of carbonyl (C=O) groups excluding carboxylic acids is 1. The van der Waals surface area contributed by atoms with Gasteiger partial charge in [-0.1, -0.05) is 40.8 Å². The molecule has 0 unspecified atom stereocenters. The fraction of sp³-hybridized carbons (Fsp3) is 0.438. The van der Waals surface area contributed by atoms with E-state index in [1.165, 1.54) is 28.7 Å². The van der Waals surface area contributed by atoms with Crippen LogP contribution in [0.1, 0.15) is 18.1 Å². The molecular weight excluding hydrogens is 344 g/mol. The van der Waals surface area contributed by atoms with Crippen LogP contribution in [-0.4, -0.2) is 41.6 Å². The predicted molar refractivity (Wildman–Crippen MR) is 99.3 cm³/mol. The van der Waals surface area contributed by atoms with Gasteiger partial charge >= 0.3 is 0 Å². The first kappa shape index (κ1) is 18.7. The van der Waals surface area contributed by atoms with Crippen LogP contribution in [0.3, 0.4) is 0 Å². The maximum Gasteiger partial charge on any atom is 0.230 e. The Morgan fingerprint density at radius 1 is 1.38 bits per heavy atom. The third-order valence-electron chi connectivity index (χ3n) is 3.18. The summed E-state index contributed by atoms with van der Waals surface area (Å²) in [6.45, 7) is 6.52. The summed E-state index contributed by atoms with van der Waals surface area (Å²) in [5.41, 5.74) is 3.39. The molecule has 0 fully saturated rings. The summed E-state index contributed by atoms with van der Waals surface area (Å²) in [5, 5.41) is 15.1. The fourth-order valence-electron chi connectivity index (χ4n) is 2.12. The van der Waals surface area contributed by atoms with Gasteiger partial charge in [0.05, 0.1) is 12.4 Å². The van der Waals surface area contributed by atoms with E-state index in [1.54, 1.807) is 7.11 Å². The van der Waals surface area contributed by atoms with Gasteiger partial charge in [0.1, 0.15) is 0 Å². The number of hydrogen-bond donors (Lipinski definition) is 2. The number of thioether (sulfide) groups is 1. The number of benzene rings is 1. The number of amides is 1. The van der Waals surface area contributed by atoms with Gasteiger partial charge in [-0.25, -0.2) is 0 Å². The lowest BCUT2D eigenvalue weighted by Crippen LogP contribution is -2.36. The highest BCUT2D eigenvalue weighted by molar-refractivity contribution is 8.01. The topological polar surface area (TPSA) is 76.1 Å². The van der Waals surface area contributed by atoms with E-state index in [1.807, 2.05) is 13.0 Å². The van der Waals surface area contributed by atoms with Crippen LogP contribution in [0.5, 0.6) is 0 Å². The number of carbonyl (C=O) groups is 1. The van der Waals surface area contributed by atoms with Crippen LogP contribution in [-0.2, 0) is 9.53 Å². The monoisotopic (exact) mass is 366 g/mol. The van der Waals surface area contributed by atoms with Gasteiger partial charge in [-0.15, -0.1) is 10.2 Å². The Bertz CT molecular complexity index is 690. The molecule has 1 aromatic heterocycles. The summed E-state index contributed by atoms with van der Waals surface area (Å²) in [5.74, 6) is 0.273. The van der Waals surface area contributed by atoms with Crippen molar-refractivity contribution in [3.8, 4) is 0 Å². The van der Waals surface area contributed by atoms with Crippen molar-refractivity contribution in [2.75, 3.05) is 24.8 Å². The minimum absolute atomic E-state index is 0.000685. The third kappa shape index (κ3) is 5.77. The molecule has 1 heterocycles. The number of hydrogen-bond acceptors (Lipinski definition) is 7. The molecule has 1 atom stereocenters. The summed E-state index contributed by atoms with van der Waals surface area (Å²) >= 11 is 2.82. The minimum atomic E-state index is -0.0383. The van der Waals surface area contributed by atoms with Crippen molar-refractivity contribution < 1.29 is 9.53 Å². The summed E-state index contributed by atoms with van der Waals surface area (Å²) in [7, 11) is 1.61. The molecule has 1 aromatic carbocycles. The minimum Gasteiger partial charge on any atom is -0.383 e. The fourth-order valence-corrected chi connectivity index (χ4v) is 3.70. The molecule has 2 rings (SSSR count). The first-order chi connectivity index (χ1) is 11.5. The molecule has 2 N–H and O–H groups in total. The number of nitrogens with zero attached hydrogens (tertiary/aromatic N) is 2. The predicted octanol–water partition coefficient (Wildman–Crippen LogP) is 3.14. The average molecular weight is 367 g/mol. The zero-order chi connectivity index (χ0) is 17.5. The van der Waals surface area contributed by atoms with E-state index in [0.717, 1.165) is 20.7 Å². The molecule has 0 spiro atoms. The Balaban J connectivity index is 1.85. The van der Waals surface area contributed by atoms with Crippen molar-refractivity contribution in [1.82, 2.24) is 15.5 Å². The Morgan fingerprint density at radius 2 is 2.17 bits per heavy atom. The molecule has 0 aliphatic heterocycles. The van der Waals surface area contributed by atoms with Crippen LogP contribution >= 0.6 is 23.1 Å². The van der Waals surface area contributed by atoms with Gasteiger partial charge in [0, 0.05) is 18.8 Å². The summed E-state index contributed by atoms with van der Waals surface area (Å²) in [4.78, 5) is 11.8. The number of aryl methyl sites for hydroxylation is 2. The number of ether oxygens (including phenoxy) is 1. The van der Waals surface area contributed by atoms with Crippen molar-refractivity contribution in [3.63, 3.8) is 0 Å². The quantitative estimate of drug-likeness (QED) is 0.699. The van der Waals surface area contributed by atoms with Crippen LogP contribution < -0.4 is 10.6 Å². The highest BCUT2D eigenvalue weighted by Crippen LogP contribution is 2.28. The highest BCUT2D eigenvalue weighted by atomic mass is 32.2. The van der Waals surface area contributed by atoms with Gasteiger partial charge in [-0.3, -0.25) is 4.79 Å². The second-order valence-electron chi connectivity index (χ2n) is 5.53. The molecule has 0 aliphatic carbocycles. The maximum absolute atomic E-state index is 11.8. The van der Waals surface area contributed by atoms with Gasteiger partial charge in [-0.05, 0) is 32.4 Å². The molecule has 0 bridgehead atoms. The average Bonchev–Trinajstić information content (AvgIpc) is 2.96. The number of rotatable bonds is 8. The van der Waals surface area contributed by atoms with Crippen LogP contribution in [0.2, 0.25) is 0 Å². The first-order valence-corrected chi connectivity index (χ1v) is 9.37. The molecule has 1 amide bonds. The molecule has 0 aliphatic rings. The Kier molecular flexibility index (Phi) is 7.01. The van der Waals surface area contributed by atoms with E-state index < -0.39 is 0 Å². The number of nitrogens with one attached hydrogen (secondary N) is 2. The summed E-state index contributed by atoms with van der Waals surface area (Å²) in [6.07, 6.45) is 0. The van der Waals surface area contributed by atoms with E-state index in [0.29, 0.717) is 12.4 Å². The van der Waals surface area contributed by atoms with Gasteiger partial charge in [0.15, 0.2) is 4.34 Å². The maximum atomic E-state index is 11.8. The van der Waals surface area contributed by atoms with E-state index in [9.17, 15) is 4.79 Å². The van der Waals surface area contributed by atoms with E-state index in [-0.39, 0.29) is 11.9 Å². The first-order valence-electron chi connectivity index (χ1n) is 7.57. The highest BCUT2D eigenvalue weighted by Gasteiger charge is 2.11. The van der Waals surface area contributed by atoms with Crippen molar-refractivity contribution in [3.05, 3.63) is 29.3 Å². The lowest BCUT2D eigenvalue weighted by Gasteiger charge is -2.11. The molecule has 6 nitrogen and oxygen atoms in total. The summed E-state index contributed by atoms with van der Waals surface area (Å²) < 4.78 is 5.76. The van der Waals surface area contributed by atoms with Gasteiger partial charge in [-0.2, -0.15) is 0 Å². The Hall–Kier alpha value is -1.64. The largest absolute Gasteiger partial charge is 0.383 e. The standard InChI is InChI=1S/C16H22N4O2S2/c1-10-5-6-13(11(2)7-10)18-15-19-20-16(24-15)23-9-14(21)17-12(3)8-22-4/h5-7,12H,8-9H2,1-4H3,(H,17,21)(H,18,19)/t12-/m1/s1. The van der Waals surface area contributed by atoms with Gasteiger partial charge in [0.2, 0.25) is 11.0 Å². The van der Waals surface area contributed by atoms with E-state index in [4.69, 9.17) is 4.74 Å². The molecule has 0 radical (unpaired) electrons. The molecule has 130 valence electrons. The van der Waals surface area contributed by atoms with Crippen molar-refractivity contribution in [2.24, 2.45) is 0 Å². The third-order valence-corrected chi connectivity index (χ3v) is 5.15. The Labute approximate surface area is 150 Å². The van der Waals surface area contributed by atoms with Crippen molar-refractivity contribution in [1.29, 1.82) is 0 Å². The Morgan fingerprint density at radius 3 is 2.88 bits per heavy atom. The lowest BCUT2D eigenvalue weighted by molar-refractivity contribution is -0.119. The number of anilines is 2. The molecule has 2 aromatic rings. The number of methoxy groups -OCH3 is 1. The van der Waals surface area contributed by atoms with E-state index >= 15 is 0 Å². The van der Waals surface area contributed by atoms with Gasteiger partial charge in [0.25, 0.3) is 0 Å². The molecular formula is C16H22N4O2S2. The van der Waals surface area contributed by atoms with E-state index in [2.05, 4.69) is 46.8 Å². The SMILES string of the molecule is COC[C@@H](C)NC(=O)CSc1nnc(Nc2ccc(C)cc2C)s1. The smallest absolute Gasteiger partial charge is 0.230 e. The zero-order valence-electron chi connectivity index (χ0n) is 14.3. The molecule has 8 heteroatoms. The van der Waals surface area contributed by atoms with Gasteiger partial charge < -0.3 is 15.4 Å². The second kappa shape index (κ2) is 9.00. The zero-order valence-corrected chi connectivity index (χ0v) is 15.9. The summed E-state index contributed by atoms with van der Waals surface area (Å²) in [6, 6.07) is 6.20. The number of aromatic nitrogens is 2. The molecule has 0 saturated carbocycles.